The van der Waals surface area contributed by atoms with Gasteiger partial charge in [-0.3, -0.25) is 0 Å². The van der Waals surface area contributed by atoms with Gasteiger partial charge in [-0.25, -0.2) is 8.42 Å². The molecule has 5 rings (SSSR count). The molecule has 1 fully saturated rings. The number of ether oxygens (including phenoxy) is 5. The summed E-state index contributed by atoms with van der Waals surface area (Å²) in [5, 5.41) is 11.5. The van der Waals surface area contributed by atoms with Gasteiger partial charge >= 0.3 is 0 Å². The zero-order chi connectivity index (χ0) is 33.2. The van der Waals surface area contributed by atoms with E-state index in [1.54, 1.807) is 38.5 Å². The third-order valence-electron chi connectivity index (χ3n) is 8.74. The molecule has 1 saturated heterocycles. The van der Waals surface area contributed by atoms with E-state index >= 15 is 0 Å². The highest BCUT2D eigenvalue weighted by Crippen LogP contribution is 2.36. The van der Waals surface area contributed by atoms with Crippen molar-refractivity contribution < 1.29 is 37.2 Å². The summed E-state index contributed by atoms with van der Waals surface area (Å²) in [4.78, 5) is 2.50. The van der Waals surface area contributed by atoms with Gasteiger partial charge in [-0.2, -0.15) is 4.31 Å². The Morgan fingerprint density at radius 2 is 1.60 bits per heavy atom. The maximum atomic E-state index is 13.7. The number of rotatable bonds is 16. The molecule has 0 aliphatic carbocycles. The lowest BCUT2D eigenvalue weighted by Crippen LogP contribution is -2.53. The summed E-state index contributed by atoms with van der Waals surface area (Å²) < 4.78 is 57.4. The molecule has 47 heavy (non-hydrogen) atoms. The van der Waals surface area contributed by atoms with Gasteiger partial charge in [-0.1, -0.05) is 48.0 Å². The molecule has 3 atom stereocenters. The number of aliphatic hydroxyl groups is 1. The SMILES string of the molecule is COCCCOCc1ccc([C@H]2[C@H](O)CN(S(=O)(=O)c3ccc(C)cc3)C[C@@H]2OCc2ccc3c(c2)N(CCCOC)CCO3)cc1. The molecular formula is C36H48N2O8S. The predicted octanol–water partition coefficient (Wildman–Crippen LogP) is 4.52. The minimum absolute atomic E-state index is 0.0300. The Balaban J connectivity index is 1.35. The van der Waals surface area contributed by atoms with Crippen molar-refractivity contribution in [3.63, 3.8) is 0 Å². The van der Waals surface area contributed by atoms with Gasteiger partial charge in [-0.05, 0) is 60.7 Å². The van der Waals surface area contributed by atoms with Crippen LogP contribution in [-0.2, 0) is 42.2 Å². The van der Waals surface area contributed by atoms with Crippen LogP contribution in [0.3, 0.4) is 0 Å². The maximum Gasteiger partial charge on any atom is 0.243 e. The smallest absolute Gasteiger partial charge is 0.243 e. The lowest BCUT2D eigenvalue weighted by Gasteiger charge is -2.41. The molecule has 0 bridgehead atoms. The van der Waals surface area contributed by atoms with E-state index in [-0.39, 0.29) is 24.6 Å². The van der Waals surface area contributed by atoms with Crippen LogP contribution < -0.4 is 9.64 Å². The predicted molar refractivity (Wildman–Crippen MR) is 180 cm³/mol. The van der Waals surface area contributed by atoms with E-state index in [4.69, 9.17) is 23.7 Å². The molecule has 1 N–H and O–H groups in total. The standard InChI is InChI=1S/C36H48N2O8S/c1-27-6-13-31(14-7-27)47(40,41)38-23-33(39)36(30-11-8-28(9-12-30)25-44-20-5-19-43-3)35(24-38)46-26-29-10-15-34-32(22-29)37(17-21-45-34)16-4-18-42-2/h6-15,22,33,35-36,39H,4-5,16-21,23-26H2,1-3H3/t33-,35+,36+/m1/s1. The van der Waals surface area contributed by atoms with Crippen molar-refractivity contribution in [3.05, 3.63) is 89.0 Å². The van der Waals surface area contributed by atoms with Crippen LogP contribution in [0.25, 0.3) is 0 Å². The quantitative estimate of drug-likeness (QED) is 0.221. The first-order chi connectivity index (χ1) is 22.8. The van der Waals surface area contributed by atoms with Crippen molar-refractivity contribution in [1.82, 2.24) is 4.31 Å². The van der Waals surface area contributed by atoms with Crippen LogP contribution in [0.15, 0.2) is 71.6 Å². The van der Waals surface area contributed by atoms with Crippen LogP contribution in [0.4, 0.5) is 5.69 Å². The van der Waals surface area contributed by atoms with Crippen LogP contribution >= 0.6 is 0 Å². The summed E-state index contributed by atoms with van der Waals surface area (Å²) >= 11 is 0. The highest BCUT2D eigenvalue weighted by molar-refractivity contribution is 7.89. The Labute approximate surface area is 279 Å². The first-order valence-electron chi connectivity index (χ1n) is 16.3. The molecule has 256 valence electrons. The fourth-order valence-electron chi connectivity index (χ4n) is 6.18. The van der Waals surface area contributed by atoms with Gasteiger partial charge in [0.15, 0.2) is 0 Å². The molecular weight excluding hydrogens is 620 g/mol. The van der Waals surface area contributed by atoms with Crippen molar-refractivity contribution >= 4 is 15.7 Å². The molecule has 2 aliphatic rings. The average molecular weight is 669 g/mol. The number of fused-ring (bicyclic) bond motifs is 1. The van der Waals surface area contributed by atoms with Crippen molar-refractivity contribution in [2.24, 2.45) is 0 Å². The molecule has 0 amide bonds. The number of anilines is 1. The lowest BCUT2D eigenvalue weighted by atomic mass is 9.85. The molecule has 0 spiro atoms. The Bertz CT molecular complexity index is 1520. The molecule has 0 unspecified atom stereocenters. The summed E-state index contributed by atoms with van der Waals surface area (Å²) in [6, 6.07) is 20.8. The zero-order valence-corrected chi connectivity index (χ0v) is 28.5. The molecule has 0 aromatic heterocycles. The Kier molecular flexibility index (Phi) is 12.7. The molecule has 2 heterocycles. The van der Waals surface area contributed by atoms with Crippen molar-refractivity contribution in [2.75, 3.05) is 71.7 Å². The largest absolute Gasteiger partial charge is 0.490 e. The van der Waals surface area contributed by atoms with Gasteiger partial charge in [0.1, 0.15) is 12.4 Å². The van der Waals surface area contributed by atoms with Crippen LogP contribution in [-0.4, -0.2) is 96.9 Å². The summed E-state index contributed by atoms with van der Waals surface area (Å²) in [5.74, 6) is 0.407. The number of β-amino-alcohol motifs (C(OH)–C–C–N with tert-alkyl or cyclic N) is 1. The van der Waals surface area contributed by atoms with E-state index in [0.717, 1.165) is 59.6 Å². The highest BCUT2D eigenvalue weighted by atomic mass is 32.2. The fourth-order valence-corrected chi connectivity index (χ4v) is 7.65. The third kappa shape index (κ3) is 9.11. The third-order valence-corrected chi connectivity index (χ3v) is 10.6. The second-order valence-corrected chi connectivity index (χ2v) is 14.1. The summed E-state index contributed by atoms with van der Waals surface area (Å²) in [6.07, 6.45) is 0.161. The van der Waals surface area contributed by atoms with Crippen LogP contribution in [0.5, 0.6) is 5.75 Å². The van der Waals surface area contributed by atoms with Gasteiger partial charge in [0.25, 0.3) is 0 Å². The number of methoxy groups -OCH3 is 2. The molecule has 3 aromatic rings. The first-order valence-corrected chi connectivity index (χ1v) is 17.8. The summed E-state index contributed by atoms with van der Waals surface area (Å²) in [6.45, 7) is 6.94. The normalized spacial score (nSPS) is 20.2. The fraction of sp³-hybridized carbons (Fsp3) is 0.500. The van der Waals surface area contributed by atoms with Gasteiger partial charge < -0.3 is 33.7 Å². The highest BCUT2D eigenvalue weighted by Gasteiger charge is 2.42. The Hall–Kier alpha value is -3.03. The van der Waals surface area contributed by atoms with Crippen LogP contribution in [0.2, 0.25) is 0 Å². The molecule has 0 radical (unpaired) electrons. The number of sulfonamides is 1. The monoisotopic (exact) mass is 668 g/mol. The van der Waals surface area contributed by atoms with E-state index in [1.165, 1.54) is 4.31 Å². The van der Waals surface area contributed by atoms with E-state index in [1.807, 2.05) is 43.3 Å². The minimum Gasteiger partial charge on any atom is -0.490 e. The number of nitrogens with zero attached hydrogens (tertiary/aromatic N) is 2. The van der Waals surface area contributed by atoms with Gasteiger partial charge in [0.05, 0.1) is 42.5 Å². The molecule has 2 aliphatic heterocycles. The summed E-state index contributed by atoms with van der Waals surface area (Å²) in [7, 11) is -0.471. The minimum atomic E-state index is -3.85. The lowest BCUT2D eigenvalue weighted by molar-refractivity contribution is -0.0534. The van der Waals surface area contributed by atoms with E-state index in [9.17, 15) is 13.5 Å². The number of piperidine rings is 1. The second kappa shape index (κ2) is 16.9. The van der Waals surface area contributed by atoms with Gasteiger partial charge in [0, 0.05) is 59.6 Å². The number of aliphatic hydroxyl groups excluding tert-OH is 1. The second-order valence-electron chi connectivity index (χ2n) is 12.2. The van der Waals surface area contributed by atoms with E-state index < -0.39 is 28.1 Å². The number of hydrogen-bond donors (Lipinski definition) is 1. The maximum absolute atomic E-state index is 13.7. The number of aryl methyl sites for hydroxylation is 1. The van der Waals surface area contributed by atoms with Crippen molar-refractivity contribution in [3.8, 4) is 5.75 Å². The Morgan fingerprint density at radius 1 is 0.872 bits per heavy atom. The van der Waals surface area contributed by atoms with Crippen molar-refractivity contribution in [2.45, 2.75) is 56.0 Å². The molecule has 0 saturated carbocycles. The van der Waals surface area contributed by atoms with Gasteiger partial charge in [-0.15, -0.1) is 0 Å². The molecule has 11 heteroatoms. The first kappa shape index (κ1) is 35.3. The number of benzene rings is 3. The van der Waals surface area contributed by atoms with Crippen LogP contribution in [0, 0.1) is 6.92 Å². The average Bonchev–Trinajstić information content (AvgIpc) is 3.08. The topological polar surface area (TPSA) is 107 Å². The molecule has 10 nitrogen and oxygen atoms in total. The Morgan fingerprint density at radius 3 is 2.34 bits per heavy atom. The van der Waals surface area contributed by atoms with E-state index in [2.05, 4.69) is 11.0 Å². The zero-order valence-electron chi connectivity index (χ0n) is 27.7. The van der Waals surface area contributed by atoms with Gasteiger partial charge in [0.2, 0.25) is 10.0 Å². The molecule has 3 aromatic carbocycles. The number of hydrogen-bond acceptors (Lipinski definition) is 9. The summed E-state index contributed by atoms with van der Waals surface area (Å²) in [5.41, 5.74) is 4.83. The van der Waals surface area contributed by atoms with Crippen LogP contribution in [0.1, 0.15) is 41.0 Å². The van der Waals surface area contributed by atoms with Crippen molar-refractivity contribution in [1.29, 1.82) is 0 Å². The van der Waals surface area contributed by atoms with E-state index in [0.29, 0.717) is 33.0 Å².